The molecule has 3 aromatic rings. The van der Waals surface area contributed by atoms with Gasteiger partial charge in [-0.3, -0.25) is 0 Å². The van der Waals surface area contributed by atoms with Crippen LogP contribution in [-0.2, 0) is 0 Å². The molecule has 0 N–H and O–H groups in total. The highest BCUT2D eigenvalue weighted by Crippen LogP contribution is 2.55. The molecular weight excluding hydrogens is 416 g/mol. The molecule has 1 saturated carbocycles. The summed E-state index contributed by atoms with van der Waals surface area (Å²) in [6.45, 7) is 0.668. The van der Waals surface area contributed by atoms with Crippen LogP contribution in [0.3, 0.4) is 0 Å². The molecule has 1 unspecified atom stereocenters. The van der Waals surface area contributed by atoms with Crippen LogP contribution >= 0.6 is 15.9 Å². The maximum Gasteiger partial charge on any atom is 0.394 e. The van der Waals surface area contributed by atoms with E-state index in [1.807, 2.05) is 6.07 Å². The number of imidazole rings is 1. The summed E-state index contributed by atoms with van der Waals surface area (Å²) in [5.41, 5.74) is 2.19. The molecule has 0 spiro atoms. The molecular formula is C18H13BrF4N2O. The summed E-state index contributed by atoms with van der Waals surface area (Å²) in [7, 11) is 0. The van der Waals surface area contributed by atoms with Gasteiger partial charge in [0.1, 0.15) is 16.2 Å². The first-order valence-corrected chi connectivity index (χ1v) is 8.66. The van der Waals surface area contributed by atoms with Gasteiger partial charge in [0.25, 0.3) is 5.92 Å². The lowest BCUT2D eigenvalue weighted by Crippen LogP contribution is -2.18. The lowest BCUT2D eigenvalue weighted by atomic mass is 10.1. The van der Waals surface area contributed by atoms with Crippen molar-refractivity contribution in [2.75, 3.05) is 0 Å². The number of pyridine rings is 1. The summed E-state index contributed by atoms with van der Waals surface area (Å²) in [5, 5.41) is 0. The number of ether oxygens (including phenoxy) is 1. The fraction of sp³-hybridized carbons (Fsp3) is 0.278. The summed E-state index contributed by atoms with van der Waals surface area (Å²) in [6, 6.07) is 9.76. The van der Waals surface area contributed by atoms with E-state index in [0.29, 0.717) is 22.9 Å². The Bertz CT molecular complexity index is 979. The predicted molar refractivity (Wildman–Crippen MR) is 91.9 cm³/mol. The predicted octanol–water partition coefficient (Wildman–Crippen LogP) is 5.88. The zero-order valence-corrected chi connectivity index (χ0v) is 15.1. The number of fused-ring (bicyclic) bond motifs is 1. The van der Waals surface area contributed by atoms with E-state index in [-0.39, 0.29) is 12.2 Å². The Morgan fingerprint density at radius 3 is 2.35 bits per heavy atom. The minimum Gasteiger partial charge on any atom is -0.433 e. The number of nitrogens with zero attached hydrogens (tertiary/aromatic N) is 2. The average molecular weight is 429 g/mol. The molecule has 0 aliphatic heterocycles. The summed E-state index contributed by atoms with van der Waals surface area (Å²) < 4.78 is 59.4. The van der Waals surface area contributed by atoms with Gasteiger partial charge in [-0.05, 0) is 45.3 Å². The second-order valence-corrected chi connectivity index (χ2v) is 7.14. The van der Waals surface area contributed by atoms with Crippen molar-refractivity contribution in [1.29, 1.82) is 0 Å². The van der Waals surface area contributed by atoms with Crippen LogP contribution < -0.4 is 4.74 Å². The lowest BCUT2D eigenvalue weighted by Gasteiger charge is -2.13. The van der Waals surface area contributed by atoms with Crippen LogP contribution in [-0.4, -0.2) is 21.4 Å². The smallest absolute Gasteiger partial charge is 0.394 e. The molecule has 0 radical (unpaired) electrons. The highest BCUT2D eigenvalue weighted by atomic mass is 79.9. The molecule has 8 heteroatoms. The Kier molecular flexibility index (Phi) is 3.80. The number of alkyl halides is 4. The summed E-state index contributed by atoms with van der Waals surface area (Å²) in [6.07, 6.45) is -1.74. The minimum absolute atomic E-state index is 0.0472. The third kappa shape index (κ3) is 3.18. The van der Waals surface area contributed by atoms with Crippen LogP contribution in [0.2, 0.25) is 0 Å². The molecule has 26 heavy (non-hydrogen) atoms. The van der Waals surface area contributed by atoms with Crippen molar-refractivity contribution >= 4 is 21.4 Å². The molecule has 1 atom stereocenters. The first kappa shape index (κ1) is 17.3. The Labute approximate surface area is 154 Å². The third-order valence-electron chi connectivity index (χ3n) is 4.24. The number of rotatable bonds is 4. The quantitative estimate of drug-likeness (QED) is 0.485. The number of benzene rings is 1. The monoisotopic (exact) mass is 428 g/mol. The largest absolute Gasteiger partial charge is 0.433 e. The van der Waals surface area contributed by atoms with Gasteiger partial charge >= 0.3 is 6.11 Å². The Morgan fingerprint density at radius 1 is 1.15 bits per heavy atom. The first-order chi connectivity index (χ1) is 12.1. The first-order valence-electron chi connectivity index (χ1n) is 7.87. The second-order valence-electron chi connectivity index (χ2n) is 6.39. The molecule has 0 bridgehead atoms. The number of hydrogen-bond donors (Lipinski definition) is 0. The van der Waals surface area contributed by atoms with Crippen LogP contribution in [0.4, 0.5) is 17.6 Å². The van der Waals surface area contributed by atoms with Crippen molar-refractivity contribution < 1.29 is 22.3 Å². The van der Waals surface area contributed by atoms with Crippen LogP contribution in [0.5, 0.6) is 5.75 Å². The van der Waals surface area contributed by atoms with E-state index in [2.05, 4.69) is 25.7 Å². The molecule has 2 heterocycles. The van der Waals surface area contributed by atoms with Gasteiger partial charge in [-0.1, -0.05) is 18.2 Å². The fourth-order valence-corrected chi connectivity index (χ4v) is 3.41. The molecule has 1 fully saturated rings. The number of aromatic nitrogens is 2. The van der Waals surface area contributed by atoms with Gasteiger partial charge in [0.2, 0.25) is 0 Å². The van der Waals surface area contributed by atoms with Crippen LogP contribution in [0.15, 0.2) is 47.2 Å². The molecule has 1 aliphatic carbocycles. The Morgan fingerprint density at radius 2 is 1.77 bits per heavy atom. The lowest BCUT2D eigenvalue weighted by molar-refractivity contribution is -0.158. The Hall–Kier alpha value is -2.09. The van der Waals surface area contributed by atoms with E-state index in [1.54, 1.807) is 28.8 Å². The van der Waals surface area contributed by atoms with Crippen molar-refractivity contribution in [2.45, 2.75) is 31.3 Å². The van der Waals surface area contributed by atoms with Gasteiger partial charge in [-0.25, -0.2) is 13.8 Å². The molecule has 0 amide bonds. The normalized spacial score (nSPS) is 18.9. The minimum atomic E-state index is -3.26. The molecule has 2 aromatic heterocycles. The third-order valence-corrected chi connectivity index (χ3v) is 4.83. The SMILES string of the molecule is CC(F)(F)Oc1ccc(-c2ccc3c(Br)nc(C4CC4(F)F)n3c2)cc1. The van der Waals surface area contributed by atoms with E-state index < -0.39 is 17.9 Å². The van der Waals surface area contributed by atoms with Gasteiger partial charge < -0.3 is 9.14 Å². The van der Waals surface area contributed by atoms with Crippen molar-refractivity contribution in [3.8, 4) is 16.9 Å². The highest BCUT2D eigenvalue weighted by Gasteiger charge is 2.59. The summed E-state index contributed by atoms with van der Waals surface area (Å²) in [5.74, 6) is -3.25. The number of hydrogen-bond acceptors (Lipinski definition) is 2. The fourth-order valence-electron chi connectivity index (χ4n) is 2.90. The standard InChI is InChI=1S/C18H13BrF4N2O/c1-17(20,21)26-12-5-2-10(3-6-12)11-4-7-14-15(19)24-16(25(14)9-11)13-8-18(13,22)23/h2-7,9,13H,8H2,1H3. The van der Waals surface area contributed by atoms with Crippen molar-refractivity contribution in [3.05, 3.63) is 53.0 Å². The molecule has 1 aromatic carbocycles. The van der Waals surface area contributed by atoms with Gasteiger partial charge in [0.05, 0.1) is 11.4 Å². The van der Waals surface area contributed by atoms with Gasteiger partial charge in [-0.15, -0.1) is 0 Å². The van der Waals surface area contributed by atoms with Crippen LogP contribution in [0, 0.1) is 0 Å². The van der Waals surface area contributed by atoms with E-state index in [9.17, 15) is 17.6 Å². The zero-order valence-electron chi connectivity index (χ0n) is 13.5. The van der Waals surface area contributed by atoms with Crippen molar-refractivity contribution in [3.63, 3.8) is 0 Å². The zero-order chi connectivity index (χ0) is 18.7. The van der Waals surface area contributed by atoms with Gasteiger partial charge in [0.15, 0.2) is 0 Å². The highest BCUT2D eigenvalue weighted by molar-refractivity contribution is 9.10. The maximum atomic E-state index is 13.5. The van der Waals surface area contributed by atoms with Gasteiger partial charge in [-0.2, -0.15) is 8.78 Å². The van der Waals surface area contributed by atoms with Crippen LogP contribution in [0.25, 0.3) is 16.6 Å². The summed E-state index contributed by atoms with van der Waals surface area (Å²) >= 11 is 3.31. The van der Waals surface area contributed by atoms with Gasteiger partial charge in [0, 0.05) is 19.5 Å². The average Bonchev–Trinajstić information content (AvgIpc) is 3.06. The molecule has 0 saturated heterocycles. The second kappa shape index (κ2) is 5.70. The van der Waals surface area contributed by atoms with Crippen molar-refractivity contribution in [2.24, 2.45) is 0 Å². The van der Waals surface area contributed by atoms with E-state index in [4.69, 9.17) is 0 Å². The topological polar surface area (TPSA) is 26.5 Å². The van der Waals surface area contributed by atoms with E-state index in [1.165, 1.54) is 12.1 Å². The van der Waals surface area contributed by atoms with E-state index >= 15 is 0 Å². The maximum absolute atomic E-state index is 13.5. The molecule has 4 rings (SSSR count). The van der Waals surface area contributed by atoms with E-state index in [0.717, 1.165) is 11.1 Å². The molecule has 136 valence electrons. The van der Waals surface area contributed by atoms with Crippen molar-refractivity contribution in [1.82, 2.24) is 9.38 Å². The molecule has 3 nitrogen and oxygen atoms in total. The number of halogens is 5. The Balaban J connectivity index is 1.70. The molecule has 1 aliphatic rings. The summed E-state index contributed by atoms with van der Waals surface area (Å²) in [4.78, 5) is 4.23. The van der Waals surface area contributed by atoms with Crippen LogP contribution in [0.1, 0.15) is 25.1 Å².